The molecule has 126 valence electrons. The number of anilines is 1. The SMILES string of the molecule is COc1ccc(N(CCC(=O)NCC2CCCO2)C(C)=O)cc1. The van der Waals surface area contributed by atoms with Gasteiger partial charge in [0.05, 0.1) is 13.2 Å². The monoisotopic (exact) mass is 320 g/mol. The zero-order valence-electron chi connectivity index (χ0n) is 13.7. The lowest BCUT2D eigenvalue weighted by Gasteiger charge is -2.21. The highest BCUT2D eigenvalue weighted by Gasteiger charge is 2.17. The number of nitrogens with one attached hydrogen (secondary N) is 1. The van der Waals surface area contributed by atoms with E-state index in [1.54, 1.807) is 24.1 Å². The first-order valence-corrected chi connectivity index (χ1v) is 7.90. The average molecular weight is 320 g/mol. The van der Waals surface area contributed by atoms with E-state index in [0.29, 0.717) is 13.1 Å². The van der Waals surface area contributed by atoms with Crippen LogP contribution in [-0.2, 0) is 14.3 Å². The molecule has 1 N–H and O–H groups in total. The minimum Gasteiger partial charge on any atom is -0.497 e. The fourth-order valence-electron chi connectivity index (χ4n) is 2.57. The van der Waals surface area contributed by atoms with Gasteiger partial charge in [-0.05, 0) is 37.1 Å². The molecule has 23 heavy (non-hydrogen) atoms. The maximum Gasteiger partial charge on any atom is 0.223 e. The molecular formula is C17H24N2O4. The van der Waals surface area contributed by atoms with Crippen LogP contribution in [0, 0.1) is 0 Å². The minimum absolute atomic E-state index is 0.0692. The normalized spacial score (nSPS) is 16.9. The van der Waals surface area contributed by atoms with Crippen LogP contribution in [0.2, 0.25) is 0 Å². The van der Waals surface area contributed by atoms with Crippen molar-refractivity contribution in [1.82, 2.24) is 5.32 Å². The van der Waals surface area contributed by atoms with Crippen molar-refractivity contribution in [2.75, 3.05) is 31.7 Å². The average Bonchev–Trinajstić information content (AvgIpc) is 3.07. The molecule has 0 spiro atoms. The maximum absolute atomic E-state index is 11.9. The molecule has 2 amide bonds. The molecule has 0 radical (unpaired) electrons. The van der Waals surface area contributed by atoms with Crippen molar-refractivity contribution in [3.63, 3.8) is 0 Å². The summed E-state index contributed by atoms with van der Waals surface area (Å²) in [5, 5.41) is 2.87. The molecule has 1 aromatic carbocycles. The first-order valence-electron chi connectivity index (χ1n) is 7.90. The molecule has 1 aromatic rings. The predicted molar refractivity (Wildman–Crippen MR) is 87.6 cm³/mol. The van der Waals surface area contributed by atoms with Gasteiger partial charge in [0.1, 0.15) is 5.75 Å². The lowest BCUT2D eigenvalue weighted by molar-refractivity contribution is -0.121. The van der Waals surface area contributed by atoms with Gasteiger partial charge in [-0.25, -0.2) is 0 Å². The van der Waals surface area contributed by atoms with E-state index in [9.17, 15) is 9.59 Å². The number of benzene rings is 1. The Morgan fingerprint density at radius 2 is 2.09 bits per heavy atom. The number of amides is 2. The Balaban J connectivity index is 1.83. The van der Waals surface area contributed by atoms with Gasteiger partial charge in [-0.15, -0.1) is 0 Å². The van der Waals surface area contributed by atoms with Crippen LogP contribution in [0.3, 0.4) is 0 Å². The Bertz CT molecular complexity index is 524. The zero-order chi connectivity index (χ0) is 16.7. The molecule has 0 saturated carbocycles. The first-order chi connectivity index (χ1) is 11.1. The molecule has 0 aromatic heterocycles. The molecule has 1 atom stereocenters. The summed E-state index contributed by atoms with van der Waals surface area (Å²) in [4.78, 5) is 25.3. The van der Waals surface area contributed by atoms with Crippen LogP contribution in [-0.4, -0.2) is 44.7 Å². The fourth-order valence-corrected chi connectivity index (χ4v) is 2.57. The van der Waals surface area contributed by atoms with Crippen molar-refractivity contribution in [3.05, 3.63) is 24.3 Å². The number of rotatable bonds is 7. The van der Waals surface area contributed by atoms with E-state index in [4.69, 9.17) is 9.47 Å². The van der Waals surface area contributed by atoms with Crippen LogP contribution in [0.5, 0.6) is 5.75 Å². The van der Waals surface area contributed by atoms with Crippen LogP contribution in [0.25, 0.3) is 0 Å². The van der Waals surface area contributed by atoms with Crippen molar-refractivity contribution in [2.45, 2.75) is 32.3 Å². The number of hydrogen-bond donors (Lipinski definition) is 1. The predicted octanol–water partition coefficient (Wildman–Crippen LogP) is 1.73. The van der Waals surface area contributed by atoms with Gasteiger partial charge < -0.3 is 19.7 Å². The molecule has 1 heterocycles. The Hall–Kier alpha value is -2.08. The van der Waals surface area contributed by atoms with Crippen LogP contribution in [0.15, 0.2) is 24.3 Å². The lowest BCUT2D eigenvalue weighted by Crippen LogP contribution is -2.36. The van der Waals surface area contributed by atoms with Crippen molar-refractivity contribution < 1.29 is 19.1 Å². The molecule has 6 heteroatoms. The molecule has 0 bridgehead atoms. The zero-order valence-corrected chi connectivity index (χ0v) is 13.7. The summed E-state index contributed by atoms with van der Waals surface area (Å²) in [5.41, 5.74) is 0.755. The van der Waals surface area contributed by atoms with E-state index in [-0.39, 0.29) is 24.3 Å². The molecular weight excluding hydrogens is 296 g/mol. The van der Waals surface area contributed by atoms with Gasteiger partial charge in [0.25, 0.3) is 0 Å². The second-order valence-electron chi connectivity index (χ2n) is 5.56. The highest BCUT2D eigenvalue weighted by Crippen LogP contribution is 2.19. The van der Waals surface area contributed by atoms with Crippen molar-refractivity contribution in [2.24, 2.45) is 0 Å². The second-order valence-corrected chi connectivity index (χ2v) is 5.56. The van der Waals surface area contributed by atoms with Crippen molar-refractivity contribution in [1.29, 1.82) is 0 Å². The third-order valence-corrected chi connectivity index (χ3v) is 3.88. The van der Waals surface area contributed by atoms with Gasteiger partial charge in [0, 0.05) is 38.7 Å². The second kappa shape index (κ2) is 8.53. The van der Waals surface area contributed by atoms with Crippen LogP contribution in [0.4, 0.5) is 5.69 Å². The Labute approximate surface area is 136 Å². The van der Waals surface area contributed by atoms with Crippen LogP contribution in [0.1, 0.15) is 26.2 Å². The molecule has 1 fully saturated rings. The van der Waals surface area contributed by atoms with Gasteiger partial charge in [0.15, 0.2) is 0 Å². The summed E-state index contributed by atoms with van der Waals surface area (Å²) in [5.74, 6) is 0.564. The summed E-state index contributed by atoms with van der Waals surface area (Å²) < 4.78 is 10.6. The molecule has 1 unspecified atom stereocenters. The van der Waals surface area contributed by atoms with E-state index in [1.165, 1.54) is 6.92 Å². The summed E-state index contributed by atoms with van der Waals surface area (Å²) >= 11 is 0. The highest BCUT2D eigenvalue weighted by molar-refractivity contribution is 5.92. The number of methoxy groups -OCH3 is 1. The molecule has 1 aliphatic heterocycles. The van der Waals surface area contributed by atoms with Gasteiger partial charge in [-0.3, -0.25) is 9.59 Å². The van der Waals surface area contributed by atoms with E-state index in [0.717, 1.165) is 30.9 Å². The molecule has 2 rings (SSSR count). The lowest BCUT2D eigenvalue weighted by atomic mass is 10.2. The summed E-state index contributed by atoms with van der Waals surface area (Å²) in [6.45, 7) is 3.16. The van der Waals surface area contributed by atoms with Crippen LogP contribution >= 0.6 is 0 Å². The van der Waals surface area contributed by atoms with E-state index in [2.05, 4.69) is 5.32 Å². The van der Waals surface area contributed by atoms with Gasteiger partial charge in [-0.1, -0.05) is 0 Å². The number of carbonyl (C=O) groups is 2. The van der Waals surface area contributed by atoms with Gasteiger partial charge in [-0.2, -0.15) is 0 Å². The smallest absolute Gasteiger partial charge is 0.223 e. The first kappa shape index (κ1) is 17.3. The molecule has 6 nitrogen and oxygen atoms in total. The Kier molecular flexibility index (Phi) is 6.40. The number of nitrogens with zero attached hydrogens (tertiary/aromatic N) is 1. The van der Waals surface area contributed by atoms with Crippen molar-refractivity contribution >= 4 is 17.5 Å². The summed E-state index contributed by atoms with van der Waals surface area (Å²) in [6, 6.07) is 7.21. The maximum atomic E-state index is 11.9. The number of ether oxygens (including phenoxy) is 2. The van der Waals surface area contributed by atoms with Gasteiger partial charge in [0.2, 0.25) is 11.8 Å². The third kappa shape index (κ3) is 5.25. The van der Waals surface area contributed by atoms with Crippen LogP contribution < -0.4 is 15.0 Å². The van der Waals surface area contributed by atoms with Crippen molar-refractivity contribution in [3.8, 4) is 5.75 Å². The molecule has 1 saturated heterocycles. The number of hydrogen-bond acceptors (Lipinski definition) is 4. The standard InChI is InChI=1S/C17H24N2O4/c1-13(20)19(14-5-7-15(22-2)8-6-14)10-9-17(21)18-12-16-4-3-11-23-16/h5-8,16H,3-4,9-12H2,1-2H3,(H,18,21). The topological polar surface area (TPSA) is 67.9 Å². The largest absolute Gasteiger partial charge is 0.497 e. The van der Waals surface area contributed by atoms with Gasteiger partial charge >= 0.3 is 0 Å². The van der Waals surface area contributed by atoms with E-state index >= 15 is 0 Å². The summed E-state index contributed by atoms with van der Waals surface area (Å²) in [6.07, 6.45) is 2.43. The molecule has 0 aliphatic carbocycles. The Morgan fingerprint density at radius 1 is 1.35 bits per heavy atom. The fraction of sp³-hybridized carbons (Fsp3) is 0.529. The summed E-state index contributed by atoms with van der Waals surface area (Å²) in [7, 11) is 1.59. The minimum atomic E-state index is -0.0953. The van der Waals surface area contributed by atoms with E-state index < -0.39 is 0 Å². The molecule has 1 aliphatic rings. The Morgan fingerprint density at radius 3 is 2.65 bits per heavy atom. The number of carbonyl (C=O) groups excluding carboxylic acids is 2. The van der Waals surface area contributed by atoms with E-state index in [1.807, 2.05) is 12.1 Å². The highest BCUT2D eigenvalue weighted by atomic mass is 16.5. The third-order valence-electron chi connectivity index (χ3n) is 3.88. The quantitative estimate of drug-likeness (QED) is 0.831.